The Morgan fingerprint density at radius 2 is 2.45 bits per heavy atom. The molecule has 3 amide bonds. The number of imide groups is 1. The minimum absolute atomic E-state index is 0.0431. The third-order valence-corrected chi connectivity index (χ3v) is 5.33. The highest BCUT2D eigenvalue weighted by Crippen LogP contribution is 2.24. The molecule has 1 aromatic heterocycles. The smallest absolute Gasteiger partial charge is 0.324 e. The van der Waals surface area contributed by atoms with E-state index >= 15 is 0 Å². The lowest BCUT2D eigenvalue weighted by Gasteiger charge is -2.28. The van der Waals surface area contributed by atoms with Crippen molar-refractivity contribution in [2.75, 3.05) is 19.6 Å². The van der Waals surface area contributed by atoms with Gasteiger partial charge in [0, 0.05) is 25.9 Å². The van der Waals surface area contributed by atoms with Crippen molar-refractivity contribution in [1.82, 2.24) is 10.2 Å². The number of carbonyl (C=O) groups excluding carboxylic acids is 2. The Bertz CT molecular complexity index is 503. The van der Waals surface area contributed by atoms with Gasteiger partial charge in [0.2, 0.25) is 0 Å². The lowest BCUT2D eigenvalue weighted by Crippen LogP contribution is -3.15. The van der Waals surface area contributed by atoms with Crippen LogP contribution in [0.4, 0.5) is 4.79 Å². The maximum atomic E-state index is 12.5. The second-order valence-electron chi connectivity index (χ2n) is 5.48. The first-order chi connectivity index (χ1) is 9.68. The molecule has 6 heteroatoms. The summed E-state index contributed by atoms with van der Waals surface area (Å²) in [6.07, 6.45) is 2.27. The number of urea groups is 1. The maximum Gasteiger partial charge on any atom is 0.324 e. The molecule has 2 saturated heterocycles. The number of nitrogens with zero attached hydrogens (tertiary/aromatic N) is 1. The number of amides is 3. The second kappa shape index (κ2) is 5.54. The van der Waals surface area contributed by atoms with Crippen molar-refractivity contribution in [2.24, 2.45) is 0 Å². The Labute approximate surface area is 122 Å². The number of rotatable bonds is 3. The van der Waals surface area contributed by atoms with Gasteiger partial charge in [0.05, 0.1) is 11.4 Å². The molecule has 0 aliphatic carbocycles. The van der Waals surface area contributed by atoms with E-state index in [4.69, 9.17) is 0 Å². The van der Waals surface area contributed by atoms with E-state index in [9.17, 15) is 9.59 Å². The third kappa shape index (κ3) is 2.33. The van der Waals surface area contributed by atoms with Crippen molar-refractivity contribution in [3.63, 3.8) is 0 Å². The van der Waals surface area contributed by atoms with Crippen molar-refractivity contribution in [3.8, 4) is 0 Å². The summed E-state index contributed by atoms with van der Waals surface area (Å²) in [4.78, 5) is 28.2. The van der Waals surface area contributed by atoms with Gasteiger partial charge >= 0.3 is 6.03 Å². The molecule has 2 aliphatic rings. The van der Waals surface area contributed by atoms with E-state index < -0.39 is 0 Å². The van der Waals surface area contributed by atoms with Crippen LogP contribution in [0.2, 0.25) is 0 Å². The predicted molar refractivity (Wildman–Crippen MR) is 76.7 cm³/mol. The summed E-state index contributed by atoms with van der Waals surface area (Å²) in [6, 6.07) is 4.22. The van der Waals surface area contributed by atoms with Crippen LogP contribution < -0.4 is 10.2 Å². The molecule has 0 spiro atoms. The van der Waals surface area contributed by atoms with Crippen LogP contribution in [0.3, 0.4) is 0 Å². The Hall–Kier alpha value is -1.40. The number of hydrogen-bond donors (Lipinski definition) is 2. The normalized spacial score (nSPS) is 27.6. The van der Waals surface area contributed by atoms with Crippen molar-refractivity contribution >= 4 is 23.3 Å². The van der Waals surface area contributed by atoms with Crippen LogP contribution in [0, 0.1) is 0 Å². The zero-order valence-corrected chi connectivity index (χ0v) is 12.4. The van der Waals surface area contributed by atoms with Gasteiger partial charge in [-0.15, -0.1) is 11.3 Å². The quantitative estimate of drug-likeness (QED) is 0.848. The number of nitrogens with one attached hydrogen (secondary N) is 2. The molecule has 0 saturated carbocycles. The van der Waals surface area contributed by atoms with Gasteiger partial charge in [-0.1, -0.05) is 6.07 Å². The highest BCUT2D eigenvalue weighted by molar-refractivity contribution is 7.10. The molecule has 1 aromatic rings. The zero-order valence-electron chi connectivity index (χ0n) is 11.6. The van der Waals surface area contributed by atoms with Crippen LogP contribution in [0.25, 0.3) is 0 Å². The fourth-order valence-electron chi connectivity index (χ4n) is 3.28. The van der Waals surface area contributed by atoms with Crippen LogP contribution in [-0.4, -0.2) is 42.5 Å². The van der Waals surface area contributed by atoms with Crippen LogP contribution in [-0.2, 0) is 4.79 Å². The fraction of sp³-hybridized carbons (Fsp3) is 0.571. The van der Waals surface area contributed by atoms with Crippen molar-refractivity contribution in [2.45, 2.75) is 31.8 Å². The van der Waals surface area contributed by atoms with Gasteiger partial charge in [-0.2, -0.15) is 0 Å². The number of likely N-dealkylation sites (tertiary alicyclic amines) is 1. The molecule has 2 fully saturated rings. The lowest BCUT2D eigenvalue weighted by molar-refractivity contribution is -0.932. The third-order valence-electron chi connectivity index (χ3n) is 4.34. The summed E-state index contributed by atoms with van der Waals surface area (Å²) in [7, 11) is 0. The largest absolute Gasteiger partial charge is 0.336 e. The summed E-state index contributed by atoms with van der Waals surface area (Å²) in [5.41, 5.74) is 0. The monoisotopic (exact) mass is 294 g/mol. The molecule has 2 aliphatic heterocycles. The van der Waals surface area contributed by atoms with E-state index in [0.29, 0.717) is 19.1 Å². The van der Waals surface area contributed by atoms with E-state index in [1.54, 1.807) is 11.3 Å². The van der Waals surface area contributed by atoms with Crippen LogP contribution >= 0.6 is 11.3 Å². The highest BCUT2D eigenvalue weighted by atomic mass is 32.1. The van der Waals surface area contributed by atoms with Gasteiger partial charge in [0.1, 0.15) is 6.04 Å². The minimum Gasteiger partial charge on any atom is -0.336 e. The fourth-order valence-corrected chi connectivity index (χ4v) is 4.18. The van der Waals surface area contributed by atoms with E-state index in [-0.39, 0.29) is 18.0 Å². The summed E-state index contributed by atoms with van der Waals surface area (Å²) in [5, 5.41) is 4.78. The van der Waals surface area contributed by atoms with Gasteiger partial charge in [-0.3, -0.25) is 9.69 Å². The molecule has 2 N–H and O–H groups in total. The Morgan fingerprint density at radius 1 is 1.60 bits per heavy atom. The van der Waals surface area contributed by atoms with Crippen LogP contribution in [0.15, 0.2) is 17.5 Å². The standard InChI is InChI=1S/C14H19N3O2S/c1-10(13(18)17-8-6-15-14(17)19)16-7-2-4-11(16)12-5-3-9-20-12/h3,5,9-11H,2,4,6-8H2,1H3,(H,15,19)/p+1/t10-,11-/m1/s1. The second-order valence-corrected chi connectivity index (χ2v) is 6.46. The molecule has 5 nitrogen and oxygen atoms in total. The summed E-state index contributed by atoms with van der Waals surface area (Å²) >= 11 is 1.76. The van der Waals surface area contributed by atoms with E-state index in [0.717, 1.165) is 19.4 Å². The molecule has 108 valence electrons. The van der Waals surface area contributed by atoms with E-state index in [2.05, 4.69) is 22.8 Å². The lowest BCUT2D eigenvalue weighted by atomic mass is 10.1. The Morgan fingerprint density at radius 3 is 3.10 bits per heavy atom. The van der Waals surface area contributed by atoms with Gasteiger partial charge in [0.25, 0.3) is 5.91 Å². The highest BCUT2D eigenvalue weighted by Gasteiger charge is 2.41. The molecule has 0 aromatic carbocycles. The molecular weight excluding hydrogens is 274 g/mol. The first-order valence-corrected chi connectivity index (χ1v) is 8.04. The van der Waals surface area contributed by atoms with E-state index in [1.807, 2.05) is 6.92 Å². The molecule has 3 heterocycles. The zero-order chi connectivity index (χ0) is 14.1. The van der Waals surface area contributed by atoms with Crippen molar-refractivity contribution in [3.05, 3.63) is 22.4 Å². The van der Waals surface area contributed by atoms with Gasteiger partial charge in [-0.25, -0.2) is 4.79 Å². The maximum absolute atomic E-state index is 12.5. The summed E-state index contributed by atoms with van der Waals surface area (Å²) < 4.78 is 0. The Kier molecular flexibility index (Phi) is 3.76. The summed E-state index contributed by atoms with van der Waals surface area (Å²) in [5.74, 6) is -0.0431. The van der Waals surface area contributed by atoms with Gasteiger partial charge < -0.3 is 10.2 Å². The number of carbonyl (C=O) groups is 2. The van der Waals surface area contributed by atoms with E-state index in [1.165, 1.54) is 14.7 Å². The molecule has 20 heavy (non-hydrogen) atoms. The molecule has 1 unspecified atom stereocenters. The number of hydrogen-bond acceptors (Lipinski definition) is 3. The van der Waals surface area contributed by atoms with Gasteiger partial charge in [-0.05, 0) is 18.4 Å². The molecule has 3 atom stereocenters. The summed E-state index contributed by atoms with van der Waals surface area (Å²) in [6.45, 7) is 4.03. The number of thiophene rings is 1. The van der Waals surface area contributed by atoms with Crippen molar-refractivity contribution < 1.29 is 14.5 Å². The van der Waals surface area contributed by atoms with Crippen molar-refractivity contribution in [1.29, 1.82) is 0 Å². The molecular formula is C14H20N3O2S+. The average Bonchev–Trinajstić information content (AvgIpc) is 3.17. The first-order valence-electron chi connectivity index (χ1n) is 7.16. The topological polar surface area (TPSA) is 53.9 Å². The van der Waals surface area contributed by atoms with Crippen LogP contribution in [0.1, 0.15) is 30.7 Å². The predicted octanol–water partition coefficient (Wildman–Crippen LogP) is 0.408. The molecule has 0 radical (unpaired) electrons. The number of quaternary nitrogens is 1. The Balaban J connectivity index is 1.74. The van der Waals surface area contributed by atoms with Crippen LogP contribution in [0.5, 0.6) is 0 Å². The SMILES string of the molecule is C[C@H](C(=O)N1CCNC1=O)[NH+]1CCC[C@@H]1c1cccs1. The minimum atomic E-state index is -0.242. The van der Waals surface area contributed by atoms with Gasteiger partial charge in [0.15, 0.2) is 6.04 Å². The molecule has 0 bridgehead atoms. The average molecular weight is 294 g/mol. The molecule has 3 rings (SSSR count). The first kappa shape index (κ1) is 13.6.